The molecule has 0 aliphatic carbocycles. The number of para-hydroxylation sites is 2. The molecule has 0 fully saturated rings. The maximum absolute atomic E-state index is 13.7. The van der Waals surface area contributed by atoms with Crippen LogP contribution in [0.3, 0.4) is 0 Å². The van der Waals surface area contributed by atoms with Gasteiger partial charge in [-0.2, -0.15) is 13.2 Å². The quantitative estimate of drug-likeness (QED) is 0.664. The van der Waals surface area contributed by atoms with Crippen molar-refractivity contribution in [3.63, 3.8) is 0 Å². The van der Waals surface area contributed by atoms with Gasteiger partial charge in [-0.1, -0.05) is 30.3 Å². The molecule has 0 saturated carbocycles. The zero-order valence-corrected chi connectivity index (χ0v) is 17.4. The highest BCUT2D eigenvalue weighted by Crippen LogP contribution is 2.37. The minimum Gasteiger partial charge on any atom is -0.454 e. The topological polar surface area (TPSA) is 105 Å². The van der Waals surface area contributed by atoms with Crippen molar-refractivity contribution in [2.45, 2.75) is 31.6 Å². The van der Waals surface area contributed by atoms with E-state index in [4.69, 9.17) is 4.74 Å². The summed E-state index contributed by atoms with van der Waals surface area (Å²) in [5, 5.41) is 4.73. The van der Waals surface area contributed by atoms with Crippen LogP contribution < -0.4 is 15.5 Å². The monoisotopic (exact) mass is 463 g/mol. The maximum Gasteiger partial charge on any atom is 0.409 e. The lowest BCUT2D eigenvalue weighted by molar-refractivity contribution is -0.160. The lowest BCUT2D eigenvalue weighted by atomic mass is 10.1. The zero-order valence-electron chi connectivity index (χ0n) is 17.4. The fourth-order valence-corrected chi connectivity index (χ4v) is 3.25. The van der Waals surface area contributed by atoms with E-state index < -0.39 is 55.0 Å². The Morgan fingerprint density at radius 3 is 2.42 bits per heavy atom. The summed E-state index contributed by atoms with van der Waals surface area (Å²) in [5.41, 5.74) is 0.147. The molecule has 2 aromatic carbocycles. The van der Waals surface area contributed by atoms with E-state index in [1.165, 1.54) is 43.3 Å². The van der Waals surface area contributed by atoms with Crippen LogP contribution >= 0.6 is 0 Å². The molecule has 8 nitrogen and oxygen atoms in total. The van der Waals surface area contributed by atoms with Crippen molar-refractivity contribution in [2.75, 3.05) is 16.8 Å². The highest BCUT2D eigenvalue weighted by Gasteiger charge is 2.49. The Hall–Kier alpha value is -3.89. The first-order valence-electron chi connectivity index (χ1n) is 9.88. The highest BCUT2D eigenvalue weighted by molar-refractivity contribution is 6.05. The van der Waals surface area contributed by atoms with Crippen molar-refractivity contribution in [1.29, 1.82) is 0 Å². The van der Waals surface area contributed by atoms with Crippen LogP contribution in [0.4, 0.5) is 24.5 Å². The van der Waals surface area contributed by atoms with Crippen molar-refractivity contribution < 1.29 is 37.1 Å². The standard InChI is InChI=1S/C22H20F3N3O5/c1-13(26-20(31)14-7-3-2-4-8-14)21(32)33-12-19(30)28-16-10-6-5-9-15(16)27-18(29)11-17(28)22(23,24)25/h2-10,13,17H,11-12H2,1H3,(H,26,31)(H,27,29)/t13-,17?/m0/s1. The van der Waals surface area contributed by atoms with Crippen LogP contribution in [0.2, 0.25) is 0 Å². The van der Waals surface area contributed by atoms with Gasteiger partial charge in [0.25, 0.3) is 11.8 Å². The molecular weight excluding hydrogens is 443 g/mol. The number of benzene rings is 2. The number of carbonyl (C=O) groups is 4. The van der Waals surface area contributed by atoms with E-state index >= 15 is 0 Å². The molecule has 0 aromatic heterocycles. The molecule has 2 atom stereocenters. The van der Waals surface area contributed by atoms with Crippen LogP contribution in [0, 0.1) is 0 Å². The Balaban J connectivity index is 1.72. The summed E-state index contributed by atoms with van der Waals surface area (Å²) < 4.78 is 46.0. The summed E-state index contributed by atoms with van der Waals surface area (Å²) in [6.07, 6.45) is -5.92. The molecule has 1 aliphatic heterocycles. The van der Waals surface area contributed by atoms with Gasteiger partial charge in [0.15, 0.2) is 6.61 Å². The summed E-state index contributed by atoms with van der Waals surface area (Å²) in [4.78, 5) is 49.5. The lowest BCUT2D eigenvalue weighted by Gasteiger charge is -2.31. The van der Waals surface area contributed by atoms with Gasteiger partial charge >= 0.3 is 12.1 Å². The van der Waals surface area contributed by atoms with Gasteiger partial charge in [0.05, 0.1) is 17.8 Å². The predicted molar refractivity (Wildman–Crippen MR) is 111 cm³/mol. The van der Waals surface area contributed by atoms with Crippen LogP contribution in [0.5, 0.6) is 0 Å². The molecular formula is C22H20F3N3O5. The van der Waals surface area contributed by atoms with E-state index in [0.29, 0.717) is 10.5 Å². The van der Waals surface area contributed by atoms with E-state index in [0.717, 1.165) is 0 Å². The normalized spacial score (nSPS) is 16.7. The number of carbonyl (C=O) groups excluding carboxylic acids is 4. The lowest BCUT2D eigenvalue weighted by Crippen LogP contribution is -2.51. The number of amides is 3. The average molecular weight is 463 g/mol. The Morgan fingerprint density at radius 1 is 1.12 bits per heavy atom. The van der Waals surface area contributed by atoms with E-state index in [2.05, 4.69) is 10.6 Å². The van der Waals surface area contributed by atoms with Crippen LogP contribution in [0.15, 0.2) is 54.6 Å². The third-order valence-electron chi connectivity index (χ3n) is 4.85. The molecule has 0 bridgehead atoms. The van der Waals surface area contributed by atoms with Gasteiger partial charge in [-0.15, -0.1) is 0 Å². The Morgan fingerprint density at radius 2 is 1.76 bits per heavy atom. The number of nitrogens with one attached hydrogen (secondary N) is 2. The SMILES string of the molecule is C[C@H](NC(=O)c1ccccc1)C(=O)OCC(=O)N1c2ccccc2NC(=O)CC1C(F)(F)F. The van der Waals surface area contributed by atoms with Gasteiger partial charge in [-0.05, 0) is 31.2 Å². The Labute approximate surface area is 186 Å². The van der Waals surface area contributed by atoms with Gasteiger partial charge in [-0.25, -0.2) is 4.79 Å². The fourth-order valence-electron chi connectivity index (χ4n) is 3.25. The van der Waals surface area contributed by atoms with Gasteiger partial charge in [0.2, 0.25) is 5.91 Å². The number of esters is 1. The number of rotatable bonds is 5. The second kappa shape index (κ2) is 9.72. The number of halogens is 3. The first kappa shape index (κ1) is 23.8. The number of fused-ring (bicyclic) bond motifs is 1. The number of hydrogen-bond acceptors (Lipinski definition) is 5. The van der Waals surface area contributed by atoms with Crippen LogP contribution in [-0.4, -0.2) is 48.6 Å². The summed E-state index contributed by atoms with van der Waals surface area (Å²) >= 11 is 0. The van der Waals surface area contributed by atoms with E-state index in [-0.39, 0.29) is 11.4 Å². The Bertz CT molecular complexity index is 1060. The smallest absolute Gasteiger partial charge is 0.409 e. The molecule has 2 aromatic rings. The first-order chi connectivity index (χ1) is 15.6. The van der Waals surface area contributed by atoms with Crippen molar-refractivity contribution in [2.24, 2.45) is 0 Å². The summed E-state index contributed by atoms with van der Waals surface area (Å²) in [7, 11) is 0. The molecule has 11 heteroatoms. The minimum atomic E-state index is -4.91. The molecule has 1 unspecified atom stereocenters. The summed E-state index contributed by atoms with van der Waals surface area (Å²) in [6, 6.07) is 9.94. The molecule has 0 saturated heterocycles. The molecule has 3 amide bonds. The predicted octanol–water partition coefficient (Wildman–Crippen LogP) is 2.65. The fraction of sp³-hybridized carbons (Fsp3) is 0.273. The Kier molecular flexibility index (Phi) is 7.00. The van der Waals surface area contributed by atoms with Gasteiger partial charge in [-0.3, -0.25) is 19.3 Å². The highest BCUT2D eigenvalue weighted by atomic mass is 19.4. The molecule has 1 heterocycles. The maximum atomic E-state index is 13.7. The number of ether oxygens (including phenoxy) is 1. The summed E-state index contributed by atoms with van der Waals surface area (Å²) in [5.74, 6) is -3.64. The number of nitrogens with zero attached hydrogens (tertiary/aromatic N) is 1. The molecule has 3 rings (SSSR count). The second-order valence-corrected chi connectivity index (χ2v) is 7.26. The molecule has 33 heavy (non-hydrogen) atoms. The molecule has 0 radical (unpaired) electrons. The molecule has 1 aliphatic rings. The van der Waals surface area contributed by atoms with Crippen LogP contribution in [0.1, 0.15) is 23.7 Å². The van der Waals surface area contributed by atoms with E-state index in [1.54, 1.807) is 18.2 Å². The van der Waals surface area contributed by atoms with Crippen molar-refractivity contribution in [3.05, 3.63) is 60.2 Å². The number of anilines is 2. The van der Waals surface area contributed by atoms with Gasteiger partial charge in [0, 0.05) is 5.56 Å². The van der Waals surface area contributed by atoms with E-state index in [1.807, 2.05) is 0 Å². The second-order valence-electron chi connectivity index (χ2n) is 7.26. The van der Waals surface area contributed by atoms with Crippen LogP contribution in [-0.2, 0) is 19.1 Å². The van der Waals surface area contributed by atoms with Gasteiger partial charge in [0.1, 0.15) is 12.1 Å². The minimum absolute atomic E-state index is 0.0254. The van der Waals surface area contributed by atoms with Crippen molar-refractivity contribution in [3.8, 4) is 0 Å². The zero-order chi connectivity index (χ0) is 24.2. The third-order valence-corrected chi connectivity index (χ3v) is 4.85. The van der Waals surface area contributed by atoms with Crippen LogP contribution in [0.25, 0.3) is 0 Å². The number of hydrogen-bond donors (Lipinski definition) is 2. The average Bonchev–Trinajstić information content (AvgIpc) is 2.93. The molecule has 2 N–H and O–H groups in total. The number of alkyl halides is 3. The third kappa shape index (κ3) is 5.68. The molecule has 0 spiro atoms. The van der Waals surface area contributed by atoms with Gasteiger partial charge < -0.3 is 15.4 Å². The van der Waals surface area contributed by atoms with Crippen molar-refractivity contribution >= 4 is 35.1 Å². The summed E-state index contributed by atoms with van der Waals surface area (Å²) in [6.45, 7) is 0.301. The van der Waals surface area contributed by atoms with Crippen molar-refractivity contribution in [1.82, 2.24) is 5.32 Å². The largest absolute Gasteiger partial charge is 0.454 e. The van der Waals surface area contributed by atoms with E-state index in [9.17, 15) is 32.3 Å². The first-order valence-corrected chi connectivity index (χ1v) is 9.88. The molecule has 174 valence electrons.